The smallest absolute Gasteiger partial charge is 0.302 e. The molecule has 7 nitrogen and oxygen atoms in total. The number of carbonyl (C=O) groups is 1. The van der Waals surface area contributed by atoms with Gasteiger partial charge in [-0.05, 0) is 27.7 Å². The molecule has 0 saturated carbocycles. The molecular weight excluding hydrogens is 280 g/mol. The van der Waals surface area contributed by atoms with E-state index >= 15 is 0 Å². The lowest BCUT2D eigenvalue weighted by Crippen LogP contribution is -2.56. The highest BCUT2D eigenvalue weighted by molar-refractivity contribution is 5.65. The van der Waals surface area contributed by atoms with Crippen molar-refractivity contribution in [3.8, 4) is 0 Å². The summed E-state index contributed by atoms with van der Waals surface area (Å²) in [7, 11) is 0. The van der Waals surface area contributed by atoms with Crippen LogP contribution in [0.3, 0.4) is 0 Å². The monoisotopic (exact) mass is 302 g/mol. The SMILES string of the molecule is CC(=O)OC[C@H]1O[C@H]2OC(C)(C)O[C@@H]2[C@H]2OC(C)(C)O[C@H]21. The van der Waals surface area contributed by atoms with E-state index in [-0.39, 0.29) is 30.9 Å². The Labute approximate surface area is 123 Å². The Morgan fingerprint density at radius 1 is 0.952 bits per heavy atom. The average molecular weight is 302 g/mol. The van der Waals surface area contributed by atoms with E-state index in [4.69, 9.17) is 28.4 Å². The van der Waals surface area contributed by atoms with Gasteiger partial charge in [0.2, 0.25) is 0 Å². The van der Waals surface area contributed by atoms with E-state index in [0.29, 0.717) is 0 Å². The zero-order valence-electron chi connectivity index (χ0n) is 13.0. The van der Waals surface area contributed by atoms with Crippen LogP contribution in [0.4, 0.5) is 0 Å². The minimum atomic E-state index is -0.744. The number of hydrogen-bond donors (Lipinski definition) is 0. The van der Waals surface area contributed by atoms with Crippen LogP contribution in [0.1, 0.15) is 34.6 Å². The van der Waals surface area contributed by atoms with Crippen molar-refractivity contribution in [2.45, 2.75) is 76.9 Å². The number of ether oxygens (including phenoxy) is 6. The van der Waals surface area contributed by atoms with Crippen LogP contribution < -0.4 is 0 Å². The Kier molecular flexibility index (Phi) is 3.53. The van der Waals surface area contributed by atoms with Gasteiger partial charge in [0.05, 0.1) is 0 Å². The maximum atomic E-state index is 11.0. The highest BCUT2D eigenvalue weighted by Crippen LogP contribution is 2.44. The number of fused-ring (bicyclic) bond motifs is 3. The van der Waals surface area contributed by atoms with Crippen molar-refractivity contribution < 1.29 is 33.2 Å². The molecule has 3 aliphatic rings. The second kappa shape index (κ2) is 4.89. The largest absolute Gasteiger partial charge is 0.463 e. The average Bonchev–Trinajstić information content (AvgIpc) is 2.80. The zero-order chi connectivity index (χ0) is 15.4. The molecule has 3 heterocycles. The van der Waals surface area contributed by atoms with Crippen LogP contribution in [0.25, 0.3) is 0 Å². The lowest BCUT2D eigenvalue weighted by atomic mass is 9.99. The van der Waals surface area contributed by atoms with Crippen LogP contribution in [0.15, 0.2) is 0 Å². The van der Waals surface area contributed by atoms with Gasteiger partial charge in [0.1, 0.15) is 31.0 Å². The van der Waals surface area contributed by atoms with Gasteiger partial charge in [0.25, 0.3) is 0 Å². The Morgan fingerprint density at radius 2 is 1.52 bits per heavy atom. The fraction of sp³-hybridized carbons (Fsp3) is 0.929. The van der Waals surface area contributed by atoms with Gasteiger partial charge in [-0.25, -0.2) is 0 Å². The normalized spacial score (nSPS) is 43.2. The van der Waals surface area contributed by atoms with Crippen molar-refractivity contribution in [1.82, 2.24) is 0 Å². The Hall–Kier alpha value is -0.730. The van der Waals surface area contributed by atoms with E-state index in [1.54, 1.807) is 0 Å². The maximum absolute atomic E-state index is 11.0. The standard InChI is InChI=1S/C14H22O7/c1-7(15)16-6-8-9-10(19-13(2,3)18-9)11-12(17-8)21-14(4,5)20-11/h8-12H,6H2,1-5H3/t8-,9+,10+,11-,12+/m1/s1. The first-order chi connectivity index (χ1) is 9.67. The van der Waals surface area contributed by atoms with Gasteiger partial charge in [-0.2, -0.15) is 0 Å². The van der Waals surface area contributed by atoms with E-state index in [9.17, 15) is 4.79 Å². The lowest BCUT2D eigenvalue weighted by Gasteiger charge is -2.36. The molecule has 3 fully saturated rings. The molecule has 0 N–H and O–H groups in total. The highest BCUT2D eigenvalue weighted by atomic mass is 16.9. The molecular formula is C14H22O7. The lowest BCUT2D eigenvalue weighted by molar-refractivity contribution is -0.242. The van der Waals surface area contributed by atoms with Gasteiger partial charge in [0.15, 0.2) is 17.9 Å². The first-order valence-corrected chi connectivity index (χ1v) is 7.17. The molecule has 3 aliphatic heterocycles. The van der Waals surface area contributed by atoms with E-state index in [2.05, 4.69) is 0 Å². The van der Waals surface area contributed by atoms with Crippen LogP contribution >= 0.6 is 0 Å². The number of esters is 1. The van der Waals surface area contributed by atoms with Gasteiger partial charge >= 0.3 is 5.97 Å². The first kappa shape index (κ1) is 15.2. The summed E-state index contributed by atoms with van der Waals surface area (Å²) < 4.78 is 34.4. The molecule has 7 heteroatoms. The van der Waals surface area contributed by atoms with Crippen molar-refractivity contribution in [2.24, 2.45) is 0 Å². The van der Waals surface area contributed by atoms with Crippen molar-refractivity contribution >= 4 is 5.97 Å². The Balaban J connectivity index is 1.80. The van der Waals surface area contributed by atoms with Crippen molar-refractivity contribution in [2.75, 3.05) is 6.61 Å². The predicted octanol–water partition coefficient (Wildman–Crippen LogP) is 0.946. The molecule has 3 saturated heterocycles. The summed E-state index contributed by atoms with van der Waals surface area (Å²) in [4.78, 5) is 11.0. The fourth-order valence-corrected chi connectivity index (χ4v) is 3.03. The predicted molar refractivity (Wildman–Crippen MR) is 69.2 cm³/mol. The molecule has 0 aromatic carbocycles. The summed E-state index contributed by atoms with van der Waals surface area (Å²) in [6, 6.07) is 0. The van der Waals surface area contributed by atoms with Crippen LogP contribution in [0.2, 0.25) is 0 Å². The third-order valence-corrected chi connectivity index (χ3v) is 3.70. The number of hydrogen-bond acceptors (Lipinski definition) is 7. The van der Waals surface area contributed by atoms with Gasteiger partial charge < -0.3 is 28.4 Å². The molecule has 0 spiro atoms. The van der Waals surface area contributed by atoms with Crippen molar-refractivity contribution in [3.63, 3.8) is 0 Å². The molecule has 0 aromatic heterocycles. The quantitative estimate of drug-likeness (QED) is 0.703. The summed E-state index contributed by atoms with van der Waals surface area (Å²) in [5.74, 6) is -1.84. The number of carbonyl (C=O) groups excluding carboxylic acids is 1. The molecule has 0 aliphatic carbocycles. The first-order valence-electron chi connectivity index (χ1n) is 7.17. The van der Waals surface area contributed by atoms with Crippen LogP contribution in [0.5, 0.6) is 0 Å². The van der Waals surface area contributed by atoms with Gasteiger partial charge in [-0.1, -0.05) is 0 Å². The van der Waals surface area contributed by atoms with E-state index in [0.717, 1.165) is 0 Å². The maximum Gasteiger partial charge on any atom is 0.302 e. The number of rotatable bonds is 2. The van der Waals surface area contributed by atoms with Crippen molar-refractivity contribution in [1.29, 1.82) is 0 Å². The highest BCUT2D eigenvalue weighted by Gasteiger charge is 2.60. The molecule has 120 valence electrons. The second-order valence-corrected chi connectivity index (χ2v) is 6.51. The molecule has 0 amide bonds. The van der Waals surface area contributed by atoms with Crippen molar-refractivity contribution in [3.05, 3.63) is 0 Å². The van der Waals surface area contributed by atoms with E-state index in [1.807, 2.05) is 27.7 Å². The van der Waals surface area contributed by atoms with Crippen LogP contribution in [-0.2, 0) is 33.2 Å². The summed E-state index contributed by atoms with van der Waals surface area (Å²) in [5, 5.41) is 0. The third kappa shape index (κ3) is 2.93. The molecule has 0 unspecified atom stereocenters. The zero-order valence-corrected chi connectivity index (χ0v) is 13.0. The fourth-order valence-electron chi connectivity index (χ4n) is 3.03. The summed E-state index contributed by atoms with van der Waals surface area (Å²) in [6.07, 6.45) is -2.04. The second-order valence-electron chi connectivity index (χ2n) is 6.51. The summed E-state index contributed by atoms with van der Waals surface area (Å²) >= 11 is 0. The van der Waals surface area contributed by atoms with Crippen LogP contribution in [-0.4, -0.2) is 54.9 Å². The van der Waals surface area contributed by atoms with E-state index < -0.39 is 24.0 Å². The Bertz CT molecular complexity index is 433. The minimum absolute atomic E-state index is 0.100. The van der Waals surface area contributed by atoms with Gasteiger partial charge in [0, 0.05) is 6.92 Å². The summed E-state index contributed by atoms with van der Waals surface area (Å²) in [5.41, 5.74) is 0. The van der Waals surface area contributed by atoms with Gasteiger partial charge in [-0.3, -0.25) is 4.79 Å². The molecule has 0 bridgehead atoms. The molecule has 21 heavy (non-hydrogen) atoms. The molecule has 0 aromatic rings. The summed E-state index contributed by atoms with van der Waals surface area (Å²) in [6.45, 7) is 8.78. The van der Waals surface area contributed by atoms with Gasteiger partial charge in [-0.15, -0.1) is 0 Å². The molecule has 5 atom stereocenters. The molecule has 0 radical (unpaired) electrons. The third-order valence-electron chi connectivity index (χ3n) is 3.70. The minimum Gasteiger partial charge on any atom is -0.463 e. The molecule has 3 rings (SSSR count). The topological polar surface area (TPSA) is 72.5 Å². The Morgan fingerprint density at radius 3 is 2.19 bits per heavy atom. The van der Waals surface area contributed by atoms with Crippen LogP contribution in [0, 0.1) is 0 Å². The van der Waals surface area contributed by atoms with E-state index in [1.165, 1.54) is 6.92 Å².